The molecule has 0 N–H and O–H groups in total. The Hall–Kier alpha value is -3.37. The van der Waals surface area contributed by atoms with Gasteiger partial charge in [0, 0.05) is 13.2 Å². The summed E-state index contributed by atoms with van der Waals surface area (Å²) in [7, 11) is 4.77. The average Bonchev–Trinajstić information content (AvgIpc) is 3.31. The van der Waals surface area contributed by atoms with Crippen LogP contribution in [0.15, 0.2) is 56.9 Å². The first kappa shape index (κ1) is 22.8. The van der Waals surface area contributed by atoms with Crippen molar-refractivity contribution < 1.29 is 18.7 Å². The average molecular weight is 469 g/mol. The smallest absolute Gasteiger partial charge is 0.262 e. The van der Waals surface area contributed by atoms with Crippen LogP contribution in [0.4, 0.5) is 0 Å². The Morgan fingerprint density at radius 1 is 1.09 bits per heavy atom. The van der Waals surface area contributed by atoms with E-state index in [1.165, 1.54) is 11.8 Å². The fourth-order valence-corrected chi connectivity index (χ4v) is 4.40. The van der Waals surface area contributed by atoms with Crippen molar-refractivity contribution in [3.63, 3.8) is 0 Å². The number of thioether (sulfide) groups is 1. The summed E-state index contributed by atoms with van der Waals surface area (Å²) in [5, 5.41) is 5.21. The summed E-state index contributed by atoms with van der Waals surface area (Å²) < 4.78 is 23.1. The zero-order chi connectivity index (χ0) is 23.4. The second kappa shape index (κ2) is 10.1. The Bertz CT molecular complexity index is 1320. The molecule has 0 unspecified atom stereocenters. The van der Waals surface area contributed by atoms with Crippen molar-refractivity contribution >= 4 is 22.7 Å². The lowest BCUT2D eigenvalue weighted by molar-refractivity contribution is 0.156. The van der Waals surface area contributed by atoms with Crippen LogP contribution in [0, 0.1) is 0 Å². The highest BCUT2D eigenvalue weighted by molar-refractivity contribution is 7.98. The molecular formula is C23H24N4O5S. The predicted molar refractivity (Wildman–Crippen MR) is 125 cm³/mol. The molecule has 0 aliphatic heterocycles. The summed E-state index contributed by atoms with van der Waals surface area (Å²) in [5.41, 5.74) is 1.22. The van der Waals surface area contributed by atoms with Crippen molar-refractivity contribution in [1.29, 1.82) is 0 Å². The van der Waals surface area contributed by atoms with Crippen LogP contribution in [0.3, 0.4) is 0 Å². The molecule has 0 amide bonds. The summed E-state index contributed by atoms with van der Waals surface area (Å²) in [5.74, 6) is 2.40. The Balaban J connectivity index is 1.63. The van der Waals surface area contributed by atoms with E-state index in [0.29, 0.717) is 57.2 Å². The maximum atomic E-state index is 13.2. The predicted octanol–water partition coefficient (Wildman–Crippen LogP) is 3.96. The maximum Gasteiger partial charge on any atom is 0.262 e. The lowest BCUT2D eigenvalue weighted by Crippen LogP contribution is -2.28. The van der Waals surface area contributed by atoms with Crippen molar-refractivity contribution in [2.75, 3.05) is 27.9 Å². The van der Waals surface area contributed by atoms with Crippen LogP contribution in [0.25, 0.3) is 22.3 Å². The van der Waals surface area contributed by atoms with Crippen molar-refractivity contribution in [1.82, 2.24) is 19.7 Å². The Labute approximate surface area is 194 Å². The minimum Gasteiger partial charge on any atom is -0.497 e. The molecule has 1 atom stereocenters. The van der Waals surface area contributed by atoms with E-state index in [-0.39, 0.29) is 11.6 Å². The van der Waals surface area contributed by atoms with E-state index in [9.17, 15) is 4.79 Å². The molecule has 2 heterocycles. The molecule has 4 aromatic rings. The van der Waals surface area contributed by atoms with Crippen LogP contribution in [-0.2, 0) is 10.5 Å². The molecule has 2 aromatic heterocycles. The standard InChI is InChI=1S/C23H24N4O5S/c1-14(12-29-2)27-22(28)16-7-5-6-8-18(16)24-23(27)33-13-20-25-21(26-32-20)17-10-9-15(30-3)11-19(17)31-4/h5-11,14H,12-13H2,1-4H3/t14-/m0/s1. The molecule has 0 spiro atoms. The summed E-state index contributed by atoms with van der Waals surface area (Å²) in [6.45, 7) is 2.31. The van der Waals surface area contributed by atoms with Crippen molar-refractivity contribution in [2.24, 2.45) is 0 Å². The largest absolute Gasteiger partial charge is 0.497 e. The third-order valence-electron chi connectivity index (χ3n) is 5.07. The molecule has 0 aliphatic rings. The van der Waals surface area contributed by atoms with E-state index in [4.69, 9.17) is 23.7 Å². The number of benzene rings is 2. The molecule has 4 rings (SSSR count). The third kappa shape index (κ3) is 4.71. The maximum absolute atomic E-state index is 13.2. The van der Waals surface area contributed by atoms with Gasteiger partial charge in [-0.3, -0.25) is 9.36 Å². The van der Waals surface area contributed by atoms with Gasteiger partial charge >= 0.3 is 0 Å². The van der Waals surface area contributed by atoms with Gasteiger partial charge in [0.2, 0.25) is 11.7 Å². The minimum atomic E-state index is -0.191. The molecule has 0 fully saturated rings. The molecule has 2 aromatic carbocycles. The highest BCUT2D eigenvalue weighted by Gasteiger charge is 2.19. The van der Waals surface area contributed by atoms with E-state index in [1.807, 2.05) is 31.2 Å². The number of para-hydroxylation sites is 1. The van der Waals surface area contributed by atoms with E-state index in [2.05, 4.69) is 10.1 Å². The molecule has 0 saturated carbocycles. The zero-order valence-electron chi connectivity index (χ0n) is 18.8. The van der Waals surface area contributed by atoms with Gasteiger partial charge in [0.25, 0.3) is 5.56 Å². The molecule has 0 radical (unpaired) electrons. The highest BCUT2D eigenvalue weighted by Crippen LogP contribution is 2.32. The number of ether oxygens (including phenoxy) is 3. The van der Waals surface area contributed by atoms with E-state index in [0.717, 1.165) is 0 Å². The summed E-state index contributed by atoms with van der Waals surface area (Å²) in [6, 6.07) is 12.5. The molecule has 0 saturated heterocycles. The molecule has 0 bridgehead atoms. The lowest BCUT2D eigenvalue weighted by atomic mass is 10.2. The van der Waals surface area contributed by atoms with Gasteiger partial charge in [-0.25, -0.2) is 4.98 Å². The van der Waals surface area contributed by atoms with Gasteiger partial charge in [-0.15, -0.1) is 0 Å². The number of rotatable bonds is 9. The zero-order valence-corrected chi connectivity index (χ0v) is 19.6. The lowest BCUT2D eigenvalue weighted by Gasteiger charge is -2.18. The topological polar surface area (TPSA) is 102 Å². The van der Waals surface area contributed by atoms with Gasteiger partial charge in [-0.1, -0.05) is 29.1 Å². The first-order valence-electron chi connectivity index (χ1n) is 10.2. The summed E-state index contributed by atoms with van der Waals surface area (Å²) in [6.07, 6.45) is 0. The van der Waals surface area contributed by atoms with E-state index in [1.54, 1.807) is 44.1 Å². The van der Waals surface area contributed by atoms with Crippen LogP contribution in [-0.4, -0.2) is 47.6 Å². The number of methoxy groups -OCH3 is 3. The molecule has 9 nitrogen and oxygen atoms in total. The van der Waals surface area contributed by atoms with Crippen molar-refractivity contribution in [3.8, 4) is 22.9 Å². The number of hydrogen-bond acceptors (Lipinski definition) is 9. The van der Waals surface area contributed by atoms with Crippen LogP contribution in [0.2, 0.25) is 0 Å². The minimum absolute atomic E-state index is 0.109. The molecule has 172 valence electrons. The molecule has 10 heteroatoms. The second-order valence-electron chi connectivity index (χ2n) is 7.26. The SMILES string of the molecule is COC[C@H](C)n1c(SCc2nc(-c3ccc(OC)cc3OC)no2)nc2ccccc2c1=O. The Kier molecular flexibility index (Phi) is 6.95. The van der Waals surface area contributed by atoms with Gasteiger partial charge in [0.1, 0.15) is 11.5 Å². The van der Waals surface area contributed by atoms with Crippen LogP contribution in [0.1, 0.15) is 18.9 Å². The third-order valence-corrected chi connectivity index (χ3v) is 6.00. The van der Waals surface area contributed by atoms with E-state index < -0.39 is 0 Å². The second-order valence-corrected chi connectivity index (χ2v) is 8.20. The quantitative estimate of drug-likeness (QED) is 0.267. The van der Waals surface area contributed by atoms with Gasteiger partial charge in [0.15, 0.2) is 5.16 Å². The Morgan fingerprint density at radius 2 is 1.91 bits per heavy atom. The fourth-order valence-electron chi connectivity index (χ4n) is 3.46. The first-order chi connectivity index (χ1) is 16.0. The summed E-state index contributed by atoms with van der Waals surface area (Å²) >= 11 is 1.36. The van der Waals surface area contributed by atoms with Gasteiger partial charge in [-0.2, -0.15) is 4.98 Å². The highest BCUT2D eigenvalue weighted by atomic mass is 32.2. The number of aromatic nitrogens is 4. The van der Waals surface area contributed by atoms with Gasteiger partial charge < -0.3 is 18.7 Å². The van der Waals surface area contributed by atoms with Crippen molar-refractivity contribution in [2.45, 2.75) is 23.9 Å². The molecule has 0 aliphatic carbocycles. The van der Waals surface area contributed by atoms with Crippen molar-refractivity contribution in [3.05, 3.63) is 58.7 Å². The van der Waals surface area contributed by atoms with E-state index >= 15 is 0 Å². The molecule has 33 heavy (non-hydrogen) atoms. The van der Waals surface area contributed by atoms with Crippen LogP contribution >= 0.6 is 11.8 Å². The molecular weight excluding hydrogens is 444 g/mol. The Morgan fingerprint density at radius 3 is 2.67 bits per heavy atom. The van der Waals surface area contributed by atoms with Crippen LogP contribution < -0.4 is 15.0 Å². The monoisotopic (exact) mass is 468 g/mol. The van der Waals surface area contributed by atoms with Gasteiger partial charge in [0.05, 0.1) is 49.1 Å². The number of fused-ring (bicyclic) bond motifs is 1. The summed E-state index contributed by atoms with van der Waals surface area (Å²) in [4.78, 5) is 22.4. The van der Waals surface area contributed by atoms with Crippen LogP contribution in [0.5, 0.6) is 11.5 Å². The number of nitrogens with zero attached hydrogens (tertiary/aromatic N) is 4. The number of hydrogen-bond donors (Lipinski definition) is 0. The first-order valence-corrected chi connectivity index (χ1v) is 11.2. The van der Waals surface area contributed by atoms with Gasteiger partial charge in [-0.05, 0) is 31.2 Å². The fraction of sp³-hybridized carbons (Fsp3) is 0.304. The normalized spacial score (nSPS) is 12.1.